The maximum atomic E-state index is 5.99. The number of nitrogen functional groups attached to an aromatic ring is 1. The van der Waals surface area contributed by atoms with Crippen LogP contribution in [0.3, 0.4) is 0 Å². The summed E-state index contributed by atoms with van der Waals surface area (Å²) in [5.74, 6) is 1.98. The lowest BCUT2D eigenvalue weighted by Crippen LogP contribution is -2.47. The fraction of sp³-hybridized carbons (Fsp3) is 0.333. The van der Waals surface area contributed by atoms with Gasteiger partial charge in [-0.15, -0.1) is 0 Å². The highest BCUT2D eigenvalue weighted by molar-refractivity contribution is 5.63. The molecule has 2 aromatic rings. The molecule has 2 aromatic heterocycles. The zero-order valence-corrected chi connectivity index (χ0v) is 11.7. The summed E-state index contributed by atoms with van der Waals surface area (Å²) in [4.78, 5) is 13.4. The van der Waals surface area contributed by atoms with Gasteiger partial charge in [-0.25, -0.2) is 9.97 Å². The molecule has 0 unspecified atom stereocenters. The van der Waals surface area contributed by atoms with Crippen molar-refractivity contribution in [3.63, 3.8) is 0 Å². The van der Waals surface area contributed by atoms with Gasteiger partial charge in [0.1, 0.15) is 5.82 Å². The van der Waals surface area contributed by atoms with E-state index in [0.29, 0.717) is 0 Å². The molecule has 0 amide bonds. The van der Waals surface area contributed by atoms with Crippen molar-refractivity contribution in [3.8, 4) is 0 Å². The van der Waals surface area contributed by atoms with Crippen LogP contribution in [0.2, 0.25) is 0 Å². The van der Waals surface area contributed by atoms with E-state index in [1.165, 1.54) is 5.56 Å². The van der Waals surface area contributed by atoms with E-state index in [0.717, 1.165) is 43.5 Å². The Hall–Kier alpha value is -2.30. The number of hydrogen-bond donors (Lipinski definition) is 1. The van der Waals surface area contributed by atoms with Crippen molar-refractivity contribution < 1.29 is 0 Å². The monoisotopic (exact) mass is 269 g/mol. The van der Waals surface area contributed by atoms with Crippen molar-refractivity contribution >= 4 is 17.3 Å². The number of piperazine rings is 1. The Labute approximate surface area is 119 Å². The standard InChI is InChI=1S/C15H19N5/c1-12-4-2-6-17-14(12)19-8-10-20(11-9-19)15-13(16)5-3-7-18-15/h2-7H,8-11,16H2,1H3. The number of anilines is 3. The highest BCUT2D eigenvalue weighted by atomic mass is 15.3. The van der Waals surface area contributed by atoms with Crippen LogP contribution < -0.4 is 15.5 Å². The number of hydrogen-bond acceptors (Lipinski definition) is 5. The molecule has 1 fully saturated rings. The molecule has 2 N–H and O–H groups in total. The summed E-state index contributed by atoms with van der Waals surface area (Å²) in [6, 6.07) is 7.85. The molecule has 0 saturated carbocycles. The van der Waals surface area contributed by atoms with Crippen molar-refractivity contribution in [1.82, 2.24) is 9.97 Å². The summed E-state index contributed by atoms with van der Waals surface area (Å²) in [7, 11) is 0. The molecule has 1 saturated heterocycles. The lowest BCUT2D eigenvalue weighted by atomic mass is 10.2. The molecule has 0 radical (unpaired) electrons. The second-order valence-electron chi connectivity index (χ2n) is 5.03. The first-order chi connectivity index (χ1) is 9.75. The van der Waals surface area contributed by atoms with E-state index in [9.17, 15) is 0 Å². The van der Waals surface area contributed by atoms with E-state index in [-0.39, 0.29) is 0 Å². The Kier molecular flexibility index (Phi) is 3.41. The first-order valence-corrected chi connectivity index (χ1v) is 6.88. The molecule has 3 rings (SSSR count). The lowest BCUT2D eigenvalue weighted by molar-refractivity contribution is 0.641. The van der Waals surface area contributed by atoms with Crippen molar-refractivity contribution in [3.05, 3.63) is 42.2 Å². The average molecular weight is 269 g/mol. The summed E-state index contributed by atoms with van der Waals surface area (Å²) < 4.78 is 0. The molecule has 0 spiro atoms. The van der Waals surface area contributed by atoms with Crippen LogP contribution in [0.4, 0.5) is 17.3 Å². The van der Waals surface area contributed by atoms with E-state index >= 15 is 0 Å². The van der Waals surface area contributed by atoms with Crippen molar-refractivity contribution in [2.24, 2.45) is 0 Å². The van der Waals surface area contributed by atoms with Crippen LogP contribution in [0.5, 0.6) is 0 Å². The predicted octanol–water partition coefficient (Wildman–Crippen LogP) is 1.69. The van der Waals surface area contributed by atoms with Gasteiger partial charge in [0.2, 0.25) is 0 Å². The van der Waals surface area contributed by atoms with Gasteiger partial charge in [0.15, 0.2) is 5.82 Å². The minimum Gasteiger partial charge on any atom is -0.396 e. The smallest absolute Gasteiger partial charge is 0.151 e. The summed E-state index contributed by atoms with van der Waals surface area (Å²) in [6.07, 6.45) is 3.65. The number of nitrogens with two attached hydrogens (primary N) is 1. The molecule has 0 bridgehead atoms. The van der Waals surface area contributed by atoms with Crippen LogP contribution in [0, 0.1) is 6.92 Å². The van der Waals surface area contributed by atoms with Gasteiger partial charge >= 0.3 is 0 Å². The van der Waals surface area contributed by atoms with Gasteiger partial charge in [0.05, 0.1) is 5.69 Å². The van der Waals surface area contributed by atoms with E-state index in [1.807, 2.05) is 24.4 Å². The number of aryl methyl sites for hydroxylation is 1. The van der Waals surface area contributed by atoms with Crippen LogP contribution >= 0.6 is 0 Å². The van der Waals surface area contributed by atoms with Gasteiger partial charge in [0, 0.05) is 38.6 Å². The Morgan fingerprint density at radius 2 is 1.45 bits per heavy atom. The Bertz CT molecular complexity index is 537. The molecule has 0 atom stereocenters. The quantitative estimate of drug-likeness (QED) is 0.899. The highest BCUT2D eigenvalue weighted by Gasteiger charge is 2.21. The van der Waals surface area contributed by atoms with E-state index < -0.39 is 0 Å². The third-order valence-electron chi connectivity index (χ3n) is 3.68. The minimum atomic E-state index is 0.745. The number of nitrogens with zero attached hydrogens (tertiary/aromatic N) is 4. The third-order valence-corrected chi connectivity index (χ3v) is 3.68. The van der Waals surface area contributed by atoms with Crippen LogP contribution in [-0.2, 0) is 0 Å². The Morgan fingerprint density at radius 1 is 0.900 bits per heavy atom. The van der Waals surface area contributed by atoms with Gasteiger partial charge in [-0.1, -0.05) is 6.07 Å². The van der Waals surface area contributed by atoms with Gasteiger partial charge in [-0.05, 0) is 30.7 Å². The van der Waals surface area contributed by atoms with Crippen LogP contribution in [0.25, 0.3) is 0 Å². The summed E-state index contributed by atoms with van der Waals surface area (Å²) in [5, 5.41) is 0. The molecule has 20 heavy (non-hydrogen) atoms. The summed E-state index contributed by atoms with van der Waals surface area (Å²) >= 11 is 0. The second kappa shape index (κ2) is 5.36. The van der Waals surface area contributed by atoms with E-state index in [1.54, 1.807) is 6.20 Å². The van der Waals surface area contributed by atoms with E-state index in [2.05, 4.69) is 32.8 Å². The van der Waals surface area contributed by atoms with Crippen molar-refractivity contribution in [2.45, 2.75) is 6.92 Å². The first kappa shape index (κ1) is 12.7. The van der Waals surface area contributed by atoms with Crippen LogP contribution in [0.15, 0.2) is 36.7 Å². The highest BCUT2D eigenvalue weighted by Crippen LogP contribution is 2.23. The van der Waals surface area contributed by atoms with Crippen LogP contribution in [-0.4, -0.2) is 36.1 Å². The van der Waals surface area contributed by atoms with Crippen molar-refractivity contribution in [1.29, 1.82) is 0 Å². The molecule has 5 heteroatoms. The molecule has 3 heterocycles. The van der Waals surface area contributed by atoms with Gasteiger partial charge in [-0.2, -0.15) is 0 Å². The molecular weight excluding hydrogens is 250 g/mol. The molecule has 0 aliphatic carbocycles. The normalized spacial score (nSPS) is 15.4. The molecular formula is C15H19N5. The first-order valence-electron chi connectivity index (χ1n) is 6.88. The fourth-order valence-electron chi connectivity index (χ4n) is 2.61. The summed E-state index contributed by atoms with van der Waals surface area (Å²) in [5.41, 5.74) is 7.96. The fourth-order valence-corrected chi connectivity index (χ4v) is 2.61. The Balaban J connectivity index is 1.72. The summed E-state index contributed by atoms with van der Waals surface area (Å²) in [6.45, 7) is 5.81. The number of aromatic nitrogens is 2. The minimum absolute atomic E-state index is 0.745. The molecule has 1 aliphatic rings. The topological polar surface area (TPSA) is 58.3 Å². The zero-order chi connectivity index (χ0) is 13.9. The largest absolute Gasteiger partial charge is 0.396 e. The number of pyridine rings is 2. The third kappa shape index (κ3) is 2.39. The second-order valence-corrected chi connectivity index (χ2v) is 5.03. The maximum absolute atomic E-state index is 5.99. The molecule has 0 aromatic carbocycles. The molecule has 1 aliphatic heterocycles. The van der Waals surface area contributed by atoms with Gasteiger partial charge in [-0.3, -0.25) is 0 Å². The van der Waals surface area contributed by atoms with Crippen molar-refractivity contribution in [2.75, 3.05) is 41.7 Å². The average Bonchev–Trinajstić information content (AvgIpc) is 2.49. The van der Waals surface area contributed by atoms with Gasteiger partial charge in [0.25, 0.3) is 0 Å². The predicted molar refractivity (Wildman–Crippen MR) is 82.0 cm³/mol. The Morgan fingerprint density at radius 3 is 2.05 bits per heavy atom. The lowest BCUT2D eigenvalue weighted by Gasteiger charge is -2.36. The van der Waals surface area contributed by atoms with Gasteiger partial charge < -0.3 is 15.5 Å². The van der Waals surface area contributed by atoms with E-state index in [4.69, 9.17) is 5.73 Å². The molecule has 104 valence electrons. The maximum Gasteiger partial charge on any atom is 0.151 e. The van der Waals surface area contributed by atoms with Crippen LogP contribution in [0.1, 0.15) is 5.56 Å². The SMILES string of the molecule is Cc1cccnc1N1CCN(c2ncccc2N)CC1. The molecule has 5 nitrogen and oxygen atoms in total. The zero-order valence-electron chi connectivity index (χ0n) is 11.7. The number of rotatable bonds is 2.